The first-order valence-electron chi connectivity index (χ1n) is 4.45. The van der Waals surface area contributed by atoms with Crippen LogP contribution in [-0.4, -0.2) is 24.1 Å². The van der Waals surface area contributed by atoms with E-state index in [1.165, 1.54) is 0 Å². The van der Waals surface area contributed by atoms with E-state index >= 15 is 0 Å². The molecule has 1 aliphatic heterocycles. The van der Waals surface area contributed by atoms with Crippen LogP contribution in [0.1, 0.15) is 10.4 Å². The zero-order valence-corrected chi connectivity index (χ0v) is 9.65. The van der Waals surface area contributed by atoms with Crippen molar-refractivity contribution in [1.82, 2.24) is 0 Å². The van der Waals surface area contributed by atoms with Crippen LogP contribution in [-0.2, 0) is 9.59 Å². The smallest absolute Gasteiger partial charge is 0.299 e. The number of amides is 2. The minimum absolute atomic E-state index is 0.291. The Kier molecular flexibility index (Phi) is 2.51. The molecule has 1 aliphatic rings. The van der Waals surface area contributed by atoms with Crippen LogP contribution in [0.15, 0.2) is 22.7 Å². The molecule has 1 aromatic rings. The summed E-state index contributed by atoms with van der Waals surface area (Å²) in [6.45, 7) is -0.291. The van der Waals surface area contributed by atoms with E-state index in [1.807, 2.05) is 0 Å². The molecule has 16 heavy (non-hydrogen) atoms. The molecule has 0 unspecified atom stereocenters. The maximum atomic E-state index is 11.6. The van der Waals surface area contributed by atoms with Gasteiger partial charge in [0.1, 0.15) is 6.54 Å². The molecule has 0 aliphatic carbocycles. The fourth-order valence-corrected chi connectivity index (χ4v) is 2.20. The zero-order chi connectivity index (χ0) is 11.9. The lowest BCUT2D eigenvalue weighted by molar-refractivity contribution is -0.120. The highest BCUT2D eigenvalue weighted by Crippen LogP contribution is 2.35. The largest absolute Gasteiger partial charge is 0.368 e. The highest BCUT2D eigenvalue weighted by Gasteiger charge is 2.37. The Bertz CT molecular complexity index is 513. The van der Waals surface area contributed by atoms with E-state index < -0.39 is 17.6 Å². The van der Waals surface area contributed by atoms with Crippen LogP contribution in [0, 0.1) is 0 Å². The molecule has 1 aromatic carbocycles. The van der Waals surface area contributed by atoms with E-state index in [-0.39, 0.29) is 6.54 Å². The van der Waals surface area contributed by atoms with E-state index in [2.05, 4.69) is 15.9 Å². The SMILES string of the molecule is NC(=O)CN1C(=O)C(=O)c2cccc(Br)c21. The maximum absolute atomic E-state index is 11.6. The van der Waals surface area contributed by atoms with Crippen LogP contribution < -0.4 is 10.6 Å². The van der Waals surface area contributed by atoms with Crippen molar-refractivity contribution in [2.45, 2.75) is 0 Å². The summed E-state index contributed by atoms with van der Waals surface area (Å²) in [5, 5.41) is 0. The molecule has 0 radical (unpaired) electrons. The average Bonchev–Trinajstić information content (AvgIpc) is 2.45. The number of nitrogens with two attached hydrogens (primary N) is 1. The molecule has 6 heteroatoms. The number of halogens is 1. The van der Waals surface area contributed by atoms with Gasteiger partial charge in [0.2, 0.25) is 5.91 Å². The van der Waals surface area contributed by atoms with Crippen molar-refractivity contribution >= 4 is 39.2 Å². The standard InChI is InChI=1S/C10H7BrN2O3/c11-6-3-1-2-5-8(6)13(4-7(12)14)10(16)9(5)15/h1-3H,4H2,(H2,12,14). The number of benzene rings is 1. The van der Waals surface area contributed by atoms with Gasteiger partial charge in [0.25, 0.3) is 11.7 Å². The van der Waals surface area contributed by atoms with Crippen LogP contribution in [0.4, 0.5) is 5.69 Å². The fourth-order valence-electron chi connectivity index (χ4n) is 1.62. The van der Waals surface area contributed by atoms with Crippen LogP contribution in [0.3, 0.4) is 0 Å². The number of ketones is 1. The Labute approximate surface area is 99.3 Å². The van der Waals surface area contributed by atoms with Crippen molar-refractivity contribution in [3.63, 3.8) is 0 Å². The third-order valence-electron chi connectivity index (χ3n) is 2.25. The normalized spacial score (nSPS) is 14.2. The first kappa shape index (κ1) is 10.8. The van der Waals surface area contributed by atoms with Gasteiger partial charge in [-0.3, -0.25) is 19.3 Å². The highest BCUT2D eigenvalue weighted by molar-refractivity contribution is 9.10. The van der Waals surface area contributed by atoms with Gasteiger partial charge in [0.05, 0.1) is 11.3 Å². The molecule has 2 rings (SSSR count). The quantitative estimate of drug-likeness (QED) is 0.801. The van der Waals surface area contributed by atoms with Gasteiger partial charge in [-0.1, -0.05) is 6.07 Å². The fraction of sp³-hybridized carbons (Fsp3) is 0.100. The van der Waals surface area contributed by atoms with E-state index in [4.69, 9.17) is 5.73 Å². The Balaban J connectivity index is 2.56. The third-order valence-corrected chi connectivity index (χ3v) is 2.89. The number of rotatable bonds is 2. The molecule has 0 aromatic heterocycles. The van der Waals surface area contributed by atoms with Gasteiger partial charge in [0, 0.05) is 4.47 Å². The summed E-state index contributed by atoms with van der Waals surface area (Å²) in [4.78, 5) is 35.1. The molecular weight excluding hydrogens is 276 g/mol. The Morgan fingerprint density at radius 2 is 2.06 bits per heavy atom. The van der Waals surface area contributed by atoms with E-state index in [1.54, 1.807) is 18.2 Å². The van der Waals surface area contributed by atoms with Gasteiger partial charge >= 0.3 is 0 Å². The van der Waals surface area contributed by atoms with Gasteiger partial charge < -0.3 is 5.73 Å². The first-order valence-corrected chi connectivity index (χ1v) is 5.24. The number of nitrogens with zero attached hydrogens (tertiary/aromatic N) is 1. The van der Waals surface area contributed by atoms with Crippen molar-refractivity contribution in [3.05, 3.63) is 28.2 Å². The van der Waals surface area contributed by atoms with Gasteiger partial charge in [-0.15, -0.1) is 0 Å². The number of hydrogen-bond donors (Lipinski definition) is 1. The van der Waals surface area contributed by atoms with Gasteiger partial charge in [-0.25, -0.2) is 0 Å². The van der Waals surface area contributed by atoms with Crippen LogP contribution >= 0.6 is 15.9 Å². The number of hydrogen-bond acceptors (Lipinski definition) is 3. The van der Waals surface area contributed by atoms with E-state index in [0.29, 0.717) is 15.7 Å². The molecule has 0 fully saturated rings. The number of para-hydroxylation sites is 1. The first-order chi connectivity index (χ1) is 7.52. The average molecular weight is 283 g/mol. The predicted octanol–water partition coefficient (Wildman–Crippen LogP) is 0.464. The number of carbonyl (C=O) groups excluding carboxylic acids is 3. The Morgan fingerprint density at radius 3 is 2.69 bits per heavy atom. The minimum Gasteiger partial charge on any atom is -0.368 e. The number of fused-ring (bicyclic) bond motifs is 1. The summed E-state index contributed by atoms with van der Waals surface area (Å²) in [5.41, 5.74) is 5.73. The maximum Gasteiger partial charge on any atom is 0.299 e. The number of Topliss-reactive ketones (excluding diaryl/α,β-unsaturated/α-hetero) is 1. The molecular formula is C10H7BrN2O3. The molecule has 0 saturated carbocycles. The van der Waals surface area contributed by atoms with Crippen molar-refractivity contribution in [1.29, 1.82) is 0 Å². The number of anilines is 1. The van der Waals surface area contributed by atoms with E-state index in [9.17, 15) is 14.4 Å². The number of primary amides is 1. The summed E-state index contributed by atoms with van der Waals surface area (Å²) in [5.74, 6) is -2.00. The van der Waals surface area contributed by atoms with Crippen LogP contribution in [0.5, 0.6) is 0 Å². The molecule has 82 valence electrons. The second-order valence-electron chi connectivity index (χ2n) is 3.32. The summed E-state index contributed by atoms with van der Waals surface area (Å²) >= 11 is 3.23. The molecule has 1 heterocycles. The third kappa shape index (κ3) is 1.51. The minimum atomic E-state index is -0.722. The second-order valence-corrected chi connectivity index (χ2v) is 4.18. The van der Waals surface area contributed by atoms with E-state index in [0.717, 1.165) is 4.90 Å². The summed E-state index contributed by atoms with van der Waals surface area (Å²) in [7, 11) is 0. The van der Waals surface area contributed by atoms with Crippen LogP contribution in [0.25, 0.3) is 0 Å². The molecule has 2 N–H and O–H groups in total. The molecule has 5 nitrogen and oxygen atoms in total. The summed E-state index contributed by atoms with van der Waals surface area (Å²) < 4.78 is 0.588. The zero-order valence-electron chi connectivity index (χ0n) is 8.07. The van der Waals surface area contributed by atoms with Gasteiger partial charge in [-0.05, 0) is 28.1 Å². The molecule has 0 atom stereocenters. The summed E-state index contributed by atoms with van der Waals surface area (Å²) in [6.07, 6.45) is 0. The Hall–Kier alpha value is -1.69. The predicted molar refractivity (Wildman–Crippen MR) is 60.0 cm³/mol. The lowest BCUT2D eigenvalue weighted by Gasteiger charge is -2.15. The van der Waals surface area contributed by atoms with Crippen molar-refractivity contribution < 1.29 is 14.4 Å². The lowest BCUT2D eigenvalue weighted by atomic mass is 10.1. The topological polar surface area (TPSA) is 80.5 Å². The highest BCUT2D eigenvalue weighted by atomic mass is 79.9. The van der Waals surface area contributed by atoms with Gasteiger partial charge in [0.15, 0.2) is 0 Å². The molecule has 0 saturated heterocycles. The summed E-state index contributed by atoms with van der Waals surface area (Å²) in [6, 6.07) is 4.89. The van der Waals surface area contributed by atoms with Gasteiger partial charge in [-0.2, -0.15) is 0 Å². The molecule has 0 bridgehead atoms. The lowest BCUT2D eigenvalue weighted by Crippen LogP contribution is -2.37. The number of carbonyl (C=O) groups is 3. The van der Waals surface area contributed by atoms with Crippen molar-refractivity contribution in [3.8, 4) is 0 Å². The van der Waals surface area contributed by atoms with Crippen LogP contribution in [0.2, 0.25) is 0 Å². The second kappa shape index (κ2) is 3.71. The van der Waals surface area contributed by atoms with Crippen molar-refractivity contribution in [2.75, 3.05) is 11.4 Å². The Morgan fingerprint density at radius 1 is 1.38 bits per heavy atom. The molecule has 0 spiro atoms. The van der Waals surface area contributed by atoms with Crippen molar-refractivity contribution in [2.24, 2.45) is 5.73 Å². The monoisotopic (exact) mass is 282 g/mol. The molecule has 2 amide bonds.